The van der Waals surface area contributed by atoms with Gasteiger partial charge >= 0.3 is 5.97 Å². The van der Waals surface area contributed by atoms with Gasteiger partial charge in [0.1, 0.15) is 0 Å². The molecule has 1 aromatic rings. The van der Waals surface area contributed by atoms with Gasteiger partial charge in [-0.25, -0.2) is 4.79 Å². The number of halogens is 1. The number of rotatable bonds is 6. The third-order valence-corrected chi connectivity index (χ3v) is 3.87. The molecule has 0 amide bonds. The molecule has 0 aliphatic rings. The fourth-order valence-corrected chi connectivity index (χ4v) is 2.62. The third-order valence-electron chi connectivity index (χ3n) is 2.31. The lowest BCUT2D eigenvalue weighted by atomic mass is 10.2. The Hall–Kier alpha value is -0.680. The van der Waals surface area contributed by atoms with Gasteiger partial charge in [-0.05, 0) is 52.1 Å². The van der Waals surface area contributed by atoms with Crippen molar-refractivity contribution in [3.05, 3.63) is 28.2 Å². The van der Waals surface area contributed by atoms with Gasteiger partial charge in [0.15, 0.2) is 0 Å². The molecule has 2 N–H and O–H groups in total. The van der Waals surface area contributed by atoms with E-state index in [1.54, 1.807) is 18.2 Å². The first kappa shape index (κ1) is 14.4. The van der Waals surface area contributed by atoms with Crippen LogP contribution in [0.5, 0.6) is 0 Å². The monoisotopic (exact) mass is 317 g/mol. The van der Waals surface area contributed by atoms with Crippen LogP contribution in [0.15, 0.2) is 22.7 Å². The Labute approximate surface area is 114 Å². The number of benzene rings is 1. The molecule has 1 aromatic carbocycles. The summed E-state index contributed by atoms with van der Waals surface area (Å²) in [7, 11) is 0. The highest BCUT2D eigenvalue weighted by Gasteiger charge is 2.07. The molecule has 0 saturated carbocycles. The molecule has 0 heterocycles. The van der Waals surface area contributed by atoms with Crippen LogP contribution in [0.25, 0.3) is 0 Å². The second-order valence-corrected chi connectivity index (χ2v) is 5.71. The average Bonchev–Trinajstić information content (AvgIpc) is 2.27. The van der Waals surface area contributed by atoms with Crippen molar-refractivity contribution < 1.29 is 9.90 Å². The molecule has 0 bridgehead atoms. The van der Waals surface area contributed by atoms with Crippen molar-refractivity contribution in [1.29, 1.82) is 0 Å². The van der Waals surface area contributed by atoms with Crippen LogP contribution < -0.4 is 5.32 Å². The summed E-state index contributed by atoms with van der Waals surface area (Å²) in [4.78, 5) is 10.8. The Morgan fingerprint density at radius 2 is 2.29 bits per heavy atom. The lowest BCUT2D eigenvalue weighted by molar-refractivity contribution is 0.0697. The van der Waals surface area contributed by atoms with Gasteiger partial charge in [-0.2, -0.15) is 11.8 Å². The van der Waals surface area contributed by atoms with Gasteiger partial charge < -0.3 is 10.4 Å². The number of hydrogen-bond donors (Lipinski definition) is 2. The summed E-state index contributed by atoms with van der Waals surface area (Å²) < 4.78 is 0.786. The van der Waals surface area contributed by atoms with Crippen molar-refractivity contribution in [2.24, 2.45) is 5.92 Å². The molecule has 1 atom stereocenters. The summed E-state index contributed by atoms with van der Waals surface area (Å²) in [6.45, 7) is 3.06. The summed E-state index contributed by atoms with van der Waals surface area (Å²) in [6.07, 6.45) is 2.09. The number of hydrogen-bond acceptors (Lipinski definition) is 3. The second-order valence-electron chi connectivity index (χ2n) is 3.94. The van der Waals surface area contributed by atoms with E-state index in [0.29, 0.717) is 11.5 Å². The maximum Gasteiger partial charge on any atom is 0.335 e. The van der Waals surface area contributed by atoms with Crippen LogP contribution in [0.4, 0.5) is 5.69 Å². The Morgan fingerprint density at radius 1 is 1.59 bits per heavy atom. The lowest BCUT2D eigenvalue weighted by Crippen LogP contribution is -2.13. The normalized spacial score (nSPS) is 12.2. The molecular formula is C12H16BrNO2S. The maximum absolute atomic E-state index is 10.8. The lowest BCUT2D eigenvalue weighted by Gasteiger charge is -2.13. The minimum absolute atomic E-state index is 0.291. The molecule has 5 heteroatoms. The van der Waals surface area contributed by atoms with Crippen LogP contribution in [0.2, 0.25) is 0 Å². The topological polar surface area (TPSA) is 49.3 Å². The number of anilines is 1. The van der Waals surface area contributed by atoms with Gasteiger partial charge in [0.25, 0.3) is 0 Å². The fourth-order valence-electron chi connectivity index (χ4n) is 1.42. The SMILES string of the molecule is CSCC(C)CNc1ccc(C(=O)O)cc1Br. The smallest absolute Gasteiger partial charge is 0.335 e. The summed E-state index contributed by atoms with van der Waals surface area (Å²) >= 11 is 5.20. The molecule has 3 nitrogen and oxygen atoms in total. The standard InChI is InChI=1S/C12H16BrNO2S/c1-8(7-17-2)6-14-11-4-3-9(12(15)16)5-10(11)13/h3-5,8,14H,6-7H2,1-2H3,(H,15,16). The van der Waals surface area contributed by atoms with Crippen LogP contribution in [0.3, 0.4) is 0 Å². The molecule has 0 aromatic heterocycles. The van der Waals surface area contributed by atoms with Gasteiger partial charge in [-0.1, -0.05) is 6.92 Å². The molecule has 0 aliphatic heterocycles. The van der Waals surface area contributed by atoms with Crippen molar-refractivity contribution in [3.8, 4) is 0 Å². The zero-order valence-corrected chi connectivity index (χ0v) is 12.3. The molecular weight excluding hydrogens is 302 g/mol. The van der Waals surface area contributed by atoms with Crippen molar-refractivity contribution in [2.75, 3.05) is 23.9 Å². The van der Waals surface area contributed by atoms with Crippen LogP contribution in [-0.2, 0) is 0 Å². The maximum atomic E-state index is 10.8. The van der Waals surface area contributed by atoms with Crippen LogP contribution >= 0.6 is 27.7 Å². The summed E-state index contributed by atoms with van der Waals surface area (Å²) in [5.41, 5.74) is 1.22. The molecule has 0 aliphatic carbocycles. The van der Waals surface area contributed by atoms with E-state index in [1.807, 2.05) is 11.8 Å². The molecule has 94 valence electrons. The zero-order chi connectivity index (χ0) is 12.8. The Kier molecular flexibility index (Phi) is 5.85. The van der Waals surface area contributed by atoms with Crippen LogP contribution in [-0.4, -0.2) is 29.6 Å². The van der Waals surface area contributed by atoms with Crippen molar-refractivity contribution in [1.82, 2.24) is 0 Å². The predicted molar refractivity (Wildman–Crippen MR) is 77.1 cm³/mol. The first-order valence-electron chi connectivity index (χ1n) is 5.30. The number of carbonyl (C=O) groups is 1. The van der Waals surface area contributed by atoms with Gasteiger partial charge in [-0.15, -0.1) is 0 Å². The first-order chi connectivity index (χ1) is 8.04. The highest BCUT2D eigenvalue weighted by Crippen LogP contribution is 2.24. The first-order valence-corrected chi connectivity index (χ1v) is 7.49. The van der Waals surface area contributed by atoms with Gasteiger partial charge in [0.2, 0.25) is 0 Å². The van der Waals surface area contributed by atoms with E-state index in [4.69, 9.17) is 5.11 Å². The molecule has 17 heavy (non-hydrogen) atoms. The van der Waals surface area contributed by atoms with Crippen molar-refractivity contribution in [3.63, 3.8) is 0 Å². The second kappa shape index (κ2) is 6.91. The van der Waals surface area contributed by atoms with Crippen LogP contribution in [0, 0.1) is 5.92 Å². The number of thioether (sulfide) groups is 1. The third kappa shape index (κ3) is 4.60. The van der Waals surface area contributed by atoms with E-state index in [1.165, 1.54) is 0 Å². The van der Waals surface area contributed by atoms with E-state index >= 15 is 0 Å². The number of carboxylic acid groups (broad SMARTS) is 1. The fraction of sp³-hybridized carbons (Fsp3) is 0.417. The van der Waals surface area contributed by atoms with Crippen molar-refractivity contribution in [2.45, 2.75) is 6.92 Å². The average molecular weight is 318 g/mol. The molecule has 1 rings (SSSR count). The summed E-state index contributed by atoms with van der Waals surface area (Å²) in [6, 6.07) is 5.01. The van der Waals surface area contributed by atoms with E-state index in [2.05, 4.69) is 34.4 Å². The van der Waals surface area contributed by atoms with E-state index in [-0.39, 0.29) is 0 Å². The van der Waals surface area contributed by atoms with Gasteiger partial charge in [0.05, 0.1) is 5.56 Å². The predicted octanol–water partition coefficient (Wildman–Crippen LogP) is 3.56. The number of carboxylic acids is 1. The summed E-state index contributed by atoms with van der Waals surface area (Å²) in [5.74, 6) is 0.779. The molecule has 1 unspecified atom stereocenters. The molecule has 0 fully saturated rings. The molecule has 0 radical (unpaired) electrons. The van der Waals surface area contributed by atoms with E-state index in [0.717, 1.165) is 22.5 Å². The van der Waals surface area contributed by atoms with E-state index in [9.17, 15) is 4.79 Å². The zero-order valence-electron chi connectivity index (χ0n) is 9.87. The number of nitrogens with one attached hydrogen (secondary N) is 1. The Morgan fingerprint density at radius 3 is 2.82 bits per heavy atom. The molecule has 0 saturated heterocycles. The highest BCUT2D eigenvalue weighted by molar-refractivity contribution is 9.10. The quantitative estimate of drug-likeness (QED) is 0.842. The minimum Gasteiger partial charge on any atom is -0.478 e. The highest BCUT2D eigenvalue weighted by atomic mass is 79.9. The minimum atomic E-state index is -0.909. The van der Waals surface area contributed by atoms with Gasteiger partial charge in [0, 0.05) is 16.7 Å². The summed E-state index contributed by atoms with van der Waals surface area (Å²) in [5, 5.41) is 12.2. The number of aromatic carboxylic acids is 1. The van der Waals surface area contributed by atoms with E-state index < -0.39 is 5.97 Å². The molecule has 0 spiro atoms. The Balaban J connectivity index is 2.63. The largest absolute Gasteiger partial charge is 0.478 e. The van der Waals surface area contributed by atoms with Crippen LogP contribution in [0.1, 0.15) is 17.3 Å². The van der Waals surface area contributed by atoms with Gasteiger partial charge in [-0.3, -0.25) is 0 Å². The Bertz CT molecular complexity index is 398. The van der Waals surface area contributed by atoms with Crippen molar-refractivity contribution >= 4 is 39.3 Å².